The number of hydrogen-bond donors (Lipinski definition) is 2. The van der Waals surface area contributed by atoms with Crippen molar-refractivity contribution >= 4 is 17.7 Å². The summed E-state index contributed by atoms with van der Waals surface area (Å²) in [6.45, 7) is 3.26. The van der Waals surface area contributed by atoms with Gasteiger partial charge in [0, 0.05) is 13.1 Å². The van der Waals surface area contributed by atoms with Crippen LogP contribution in [-0.2, 0) is 0 Å². The third-order valence-corrected chi connectivity index (χ3v) is 3.13. The highest BCUT2D eigenvalue weighted by Gasteiger charge is 2.20. The monoisotopic (exact) mass is 248 g/mol. The Morgan fingerprint density at radius 3 is 2.56 bits per heavy atom. The summed E-state index contributed by atoms with van der Waals surface area (Å²) in [5.41, 5.74) is 1.27. The van der Waals surface area contributed by atoms with Crippen molar-refractivity contribution in [3.05, 3.63) is 29.3 Å². The molecule has 0 bridgehead atoms. The molecule has 1 heterocycles. The summed E-state index contributed by atoms with van der Waals surface area (Å²) in [6.07, 6.45) is 2.01. The van der Waals surface area contributed by atoms with E-state index in [1.807, 2.05) is 0 Å². The smallest absolute Gasteiger partial charge is 0.337 e. The van der Waals surface area contributed by atoms with E-state index in [0.717, 1.165) is 31.5 Å². The summed E-state index contributed by atoms with van der Waals surface area (Å²) in [4.78, 5) is 24.8. The number of aryl methyl sites for hydroxylation is 1. The molecular formula is C13H16N2O3. The van der Waals surface area contributed by atoms with Crippen molar-refractivity contribution in [2.24, 2.45) is 0 Å². The van der Waals surface area contributed by atoms with E-state index in [-0.39, 0.29) is 11.6 Å². The number of aromatic carboxylic acids is 1. The number of rotatable bonds is 2. The fourth-order valence-electron chi connectivity index (χ4n) is 2.12. The molecule has 2 amide bonds. The van der Waals surface area contributed by atoms with Crippen LogP contribution >= 0.6 is 0 Å². The highest BCUT2D eigenvalue weighted by molar-refractivity contribution is 6.01. The van der Waals surface area contributed by atoms with Crippen molar-refractivity contribution < 1.29 is 14.7 Å². The van der Waals surface area contributed by atoms with E-state index in [1.165, 1.54) is 6.07 Å². The first-order valence-corrected chi connectivity index (χ1v) is 5.98. The van der Waals surface area contributed by atoms with Gasteiger partial charge in [0.15, 0.2) is 0 Å². The summed E-state index contributed by atoms with van der Waals surface area (Å²) in [5.74, 6) is -1.03. The predicted octanol–water partition coefficient (Wildman–Crippen LogP) is 2.32. The molecule has 5 nitrogen and oxygen atoms in total. The zero-order valence-electron chi connectivity index (χ0n) is 10.3. The molecule has 0 saturated carbocycles. The number of nitrogens with zero attached hydrogens (tertiary/aromatic N) is 1. The van der Waals surface area contributed by atoms with Crippen molar-refractivity contribution in [2.75, 3.05) is 18.4 Å². The summed E-state index contributed by atoms with van der Waals surface area (Å²) in [5, 5.41) is 11.8. The van der Waals surface area contributed by atoms with Crippen molar-refractivity contribution in [2.45, 2.75) is 19.8 Å². The maximum atomic E-state index is 12.0. The highest BCUT2D eigenvalue weighted by Crippen LogP contribution is 2.21. The number of hydrogen-bond acceptors (Lipinski definition) is 2. The van der Waals surface area contributed by atoms with Crippen LogP contribution in [0, 0.1) is 6.92 Å². The molecule has 1 saturated heterocycles. The molecular weight excluding hydrogens is 232 g/mol. The quantitative estimate of drug-likeness (QED) is 0.843. The van der Waals surface area contributed by atoms with Crippen molar-refractivity contribution in [3.63, 3.8) is 0 Å². The molecule has 5 heteroatoms. The average molecular weight is 248 g/mol. The Hall–Kier alpha value is -2.04. The van der Waals surface area contributed by atoms with Gasteiger partial charge in [-0.1, -0.05) is 12.1 Å². The van der Waals surface area contributed by atoms with Gasteiger partial charge in [0.2, 0.25) is 0 Å². The Labute approximate surface area is 105 Å². The topological polar surface area (TPSA) is 69.6 Å². The van der Waals surface area contributed by atoms with E-state index in [2.05, 4.69) is 5.32 Å². The Kier molecular flexibility index (Phi) is 3.50. The second-order valence-corrected chi connectivity index (χ2v) is 4.43. The van der Waals surface area contributed by atoms with Crippen LogP contribution in [0.2, 0.25) is 0 Å². The molecule has 0 radical (unpaired) electrons. The molecule has 0 aliphatic carbocycles. The fraction of sp³-hybridized carbons (Fsp3) is 0.385. The molecule has 0 aromatic heterocycles. The molecule has 96 valence electrons. The Balaban J connectivity index is 2.22. The standard InChI is InChI=1S/C13H16N2O3/c1-9-5-4-6-10(12(16)17)11(9)14-13(18)15-7-2-3-8-15/h4-6H,2-3,7-8H2,1H3,(H,14,18)(H,16,17). The number of nitrogens with one attached hydrogen (secondary N) is 1. The van der Waals surface area contributed by atoms with Gasteiger partial charge in [-0.2, -0.15) is 0 Å². The third kappa shape index (κ3) is 2.45. The largest absolute Gasteiger partial charge is 0.478 e. The molecule has 2 rings (SSSR count). The molecule has 0 spiro atoms. The number of anilines is 1. The first-order valence-electron chi connectivity index (χ1n) is 5.98. The average Bonchev–Trinajstić information content (AvgIpc) is 2.85. The molecule has 0 atom stereocenters. The Morgan fingerprint density at radius 2 is 1.94 bits per heavy atom. The number of carbonyl (C=O) groups is 2. The van der Waals surface area contributed by atoms with E-state index in [9.17, 15) is 9.59 Å². The van der Waals surface area contributed by atoms with Gasteiger partial charge >= 0.3 is 12.0 Å². The Bertz CT molecular complexity index is 479. The van der Waals surface area contributed by atoms with Crippen LogP contribution in [0.5, 0.6) is 0 Å². The fourth-order valence-corrected chi connectivity index (χ4v) is 2.12. The van der Waals surface area contributed by atoms with E-state index in [1.54, 1.807) is 24.0 Å². The van der Waals surface area contributed by atoms with Crippen LogP contribution < -0.4 is 5.32 Å². The number of carboxylic acids is 1. The van der Waals surface area contributed by atoms with Gasteiger partial charge in [-0.3, -0.25) is 0 Å². The molecule has 0 unspecified atom stereocenters. The number of benzene rings is 1. The SMILES string of the molecule is Cc1cccc(C(=O)O)c1NC(=O)N1CCCC1. The van der Waals surface area contributed by atoms with Crippen LogP contribution in [0.15, 0.2) is 18.2 Å². The second kappa shape index (κ2) is 5.08. The molecule has 18 heavy (non-hydrogen) atoms. The Morgan fingerprint density at radius 1 is 1.28 bits per heavy atom. The van der Waals surface area contributed by atoms with Crippen molar-refractivity contribution in [1.82, 2.24) is 4.90 Å². The minimum Gasteiger partial charge on any atom is -0.478 e. The molecule has 1 aliphatic rings. The molecule has 1 aromatic rings. The van der Waals surface area contributed by atoms with Gasteiger partial charge in [0.05, 0.1) is 11.3 Å². The number of urea groups is 1. The van der Waals surface area contributed by atoms with Gasteiger partial charge in [0.25, 0.3) is 0 Å². The maximum Gasteiger partial charge on any atom is 0.337 e. The van der Waals surface area contributed by atoms with Crippen LogP contribution in [0.25, 0.3) is 0 Å². The van der Waals surface area contributed by atoms with Crippen LogP contribution in [-0.4, -0.2) is 35.1 Å². The number of carboxylic acid groups (broad SMARTS) is 1. The minimum absolute atomic E-state index is 0.127. The van der Waals surface area contributed by atoms with Crippen LogP contribution in [0.4, 0.5) is 10.5 Å². The maximum absolute atomic E-state index is 12.0. The minimum atomic E-state index is -1.03. The van der Waals surface area contributed by atoms with Gasteiger partial charge in [0.1, 0.15) is 0 Å². The number of amides is 2. The lowest BCUT2D eigenvalue weighted by atomic mass is 10.1. The number of carbonyl (C=O) groups excluding carboxylic acids is 1. The van der Waals surface area contributed by atoms with Gasteiger partial charge < -0.3 is 15.3 Å². The highest BCUT2D eigenvalue weighted by atomic mass is 16.4. The molecule has 2 N–H and O–H groups in total. The number of para-hydroxylation sites is 1. The van der Waals surface area contributed by atoms with E-state index in [0.29, 0.717) is 5.69 Å². The van der Waals surface area contributed by atoms with Gasteiger partial charge in [-0.05, 0) is 31.4 Å². The lowest BCUT2D eigenvalue weighted by molar-refractivity contribution is 0.0698. The summed E-state index contributed by atoms with van der Waals surface area (Å²) in [7, 11) is 0. The lowest BCUT2D eigenvalue weighted by Gasteiger charge is -2.18. The van der Waals surface area contributed by atoms with Crippen molar-refractivity contribution in [1.29, 1.82) is 0 Å². The van der Waals surface area contributed by atoms with Crippen molar-refractivity contribution in [3.8, 4) is 0 Å². The van der Waals surface area contributed by atoms with E-state index >= 15 is 0 Å². The third-order valence-electron chi connectivity index (χ3n) is 3.13. The summed E-state index contributed by atoms with van der Waals surface area (Å²) in [6, 6.07) is 4.73. The predicted molar refractivity (Wildman–Crippen MR) is 68.0 cm³/mol. The first kappa shape index (κ1) is 12.4. The normalized spacial score (nSPS) is 14.6. The molecule has 1 aromatic carbocycles. The van der Waals surface area contributed by atoms with Gasteiger partial charge in [-0.15, -0.1) is 0 Å². The molecule has 1 aliphatic heterocycles. The van der Waals surface area contributed by atoms with Crippen LogP contribution in [0.1, 0.15) is 28.8 Å². The zero-order valence-corrected chi connectivity index (χ0v) is 10.3. The summed E-state index contributed by atoms with van der Waals surface area (Å²) >= 11 is 0. The van der Waals surface area contributed by atoms with Crippen LogP contribution in [0.3, 0.4) is 0 Å². The second-order valence-electron chi connectivity index (χ2n) is 4.43. The number of likely N-dealkylation sites (tertiary alicyclic amines) is 1. The summed E-state index contributed by atoms with van der Waals surface area (Å²) < 4.78 is 0. The zero-order chi connectivity index (χ0) is 13.1. The van der Waals surface area contributed by atoms with Gasteiger partial charge in [-0.25, -0.2) is 9.59 Å². The van der Waals surface area contributed by atoms with E-state index < -0.39 is 5.97 Å². The lowest BCUT2D eigenvalue weighted by Crippen LogP contribution is -2.32. The van der Waals surface area contributed by atoms with E-state index in [4.69, 9.17) is 5.11 Å². The molecule has 1 fully saturated rings. The first-order chi connectivity index (χ1) is 8.59.